The molecule has 1 aromatic carbocycles. The fourth-order valence-electron chi connectivity index (χ4n) is 2.79. The summed E-state index contributed by atoms with van der Waals surface area (Å²) in [4.78, 5) is 4.31. The van der Waals surface area contributed by atoms with Gasteiger partial charge in [-0.05, 0) is 31.2 Å². The maximum atomic E-state index is 13.5. The molecule has 2 heterocycles. The Hall–Kier alpha value is -2.17. The molecule has 0 fully saturated rings. The van der Waals surface area contributed by atoms with Crippen LogP contribution < -0.4 is 0 Å². The monoisotopic (exact) mass is 388 g/mol. The second-order valence-corrected chi connectivity index (χ2v) is 7.41. The summed E-state index contributed by atoms with van der Waals surface area (Å²) in [6, 6.07) is 5.25. The third-order valence-electron chi connectivity index (χ3n) is 4.10. The Morgan fingerprint density at radius 1 is 1.31 bits per heavy atom. The van der Waals surface area contributed by atoms with Gasteiger partial charge in [-0.15, -0.1) is 0 Å². The van der Waals surface area contributed by atoms with Crippen LogP contribution in [0, 0.1) is 0 Å². The third-order valence-corrected chi connectivity index (χ3v) is 5.40. The number of hydrogen-bond acceptors (Lipinski definition) is 6. The van der Waals surface area contributed by atoms with Gasteiger partial charge < -0.3 is 10.0 Å². The van der Waals surface area contributed by atoms with Crippen molar-refractivity contribution in [3.8, 4) is 0 Å². The Balaban J connectivity index is 1.92. The molecule has 2 aliphatic rings. The van der Waals surface area contributed by atoms with Crippen molar-refractivity contribution in [3.63, 3.8) is 0 Å². The number of aliphatic imine (C=N–C) groups is 1. The van der Waals surface area contributed by atoms with E-state index in [1.807, 2.05) is 0 Å². The smallest absolute Gasteiger partial charge is 0.360 e. The minimum Gasteiger partial charge on any atom is -0.360 e. The predicted octanol–water partition coefficient (Wildman–Crippen LogP) is 2.20. The van der Waals surface area contributed by atoms with Crippen molar-refractivity contribution in [1.82, 2.24) is 4.90 Å². The molecule has 0 aliphatic carbocycles. The number of aliphatic hydroxyl groups is 1. The van der Waals surface area contributed by atoms with Crippen LogP contribution in [0.25, 0.3) is 0 Å². The predicted molar refractivity (Wildman–Crippen MR) is 86.5 cm³/mol. The van der Waals surface area contributed by atoms with Crippen molar-refractivity contribution < 1.29 is 30.9 Å². The summed E-state index contributed by atoms with van der Waals surface area (Å²) in [6.07, 6.45) is -0.795. The van der Waals surface area contributed by atoms with Gasteiger partial charge in [0.05, 0.1) is 11.5 Å². The molecule has 0 saturated carbocycles. The lowest BCUT2D eigenvalue weighted by Crippen LogP contribution is -2.57. The minimum atomic E-state index is -5.12. The van der Waals surface area contributed by atoms with Crippen LogP contribution >= 0.6 is 0 Å². The van der Waals surface area contributed by atoms with Crippen LogP contribution in [0.2, 0.25) is 0 Å². The van der Waals surface area contributed by atoms with E-state index in [0.29, 0.717) is 5.70 Å². The molecule has 0 amide bonds. The van der Waals surface area contributed by atoms with E-state index in [9.17, 15) is 26.7 Å². The van der Waals surface area contributed by atoms with Gasteiger partial charge in [0.2, 0.25) is 0 Å². The maximum Gasteiger partial charge on any atom is 0.440 e. The molecule has 0 aromatic heterocycles. The molecule has 0 bridgehead atoms. The molecule has 0 spiro atoms. The highest BCUT2D eigenvalue weighted by Gasteiger charge is 2.65. The van der Waals surface area contributed by atoms with Gasteiger partial charge >= 0.3 is 6.18 Å². The van der Waals surface area contributed by atoms with Crippen molar-refractivity contribution in [3.05, 3.63) is 54.3 Å². The number of fused-ring (bicyclic) bond motifs is 1. The molecule has 2 atom stereocenters. The third kappa shape index (κ3) is 3.04. The summed E-state index contributed by atoms with van der Waals surface area (Å²) in [5.41, 5.74) is -3.12. The molecule has 0 radical (unpaired) electrons. The topological polar surface area (TPSA) is 79.2 Å². The lowest BCUT2D eigenvalue weighted by Gasteiger charge is -2.35. The Morgan fingerprint density at radius 2 is 1.96 bits per heavy atom. The number of benzene rings is 1. The number of allylic oxidation sites excluding steroid dienone is 3. The first-order valence-corrected chi connectivity index (χ1v) is 8.95. The number of rotatable bonds is 4. The van der Waals surface area contributed by atoms with E-state index in [2.05, 4.69) is 4.99 Å². The summed E-state index contributed by atoms with van der Waals surface area (Å²) in [5, 5.41) is 10.2. The average molecular weight is 388 g/mol. The molecule has 0 saturated heterocycles. The van der Waals surface area contributed by atoms with Gasteiger partial charge in [0.25, 0.3) is 15.8 Å². The number of amidine groups is 1. The first-order valence-electron chi connectivity index (χ1n) is 7.54. The molecule has 6 nitrogen and oxygen atoms in total. The Kier molecular flexibility index (Phi) is 4.45. The van der Waals surface area contributed by atoms with Gasteiger partial charge in [0, 0.05) is 5.70 Å². The van der Waals surface area contributed by atoms with E-state index in [1.54, 1.807) is 6.07 Å². The highest BCUT2D eigenvalue weighted by Crippen LogP contribution is 2.43. The second kappa shape index (κ2) is 6.22. The second-order valence-electron chi connectivity index (χ2n) is 5.80. The van der Waals surface area contributed by atoms with Crippen LogP contribution in [-0.4, -0.2) is 48.8 Å². The molecule has 1 N–H and O–H groups in total. The Morgan fingerprint density at radius 3 is 2.58 bits per heavy atom. The lowest BCUT2D eigenvalue weighted by atomic mass is 10.0. The number of alkyl halides is 3. The van der Waals surface area contributed by atoms with E-state index in [-0.39, 0.29) is 10.7 Å². The zero-order chi connectivity index (χ0) is 19.2. The summed E-state index contributed by atoms with van der Waals surface area (Å²) < 4.78 is 69.7. The normalized spacial score (nSPS) is 25.7. The molecule has 2 aliphatic heterocycles. The molecule has 0 unspecified atom stereocenters. The number of nitrogens with zero attached hydrogens (tertiary/aromatic N) is 2. The average Bonchev–Trinajstić information content (AvgIpc) is 2.88. The van der Waals surface area contributed by atoms with Crippen LogP contribution in [0.1, 0.15) is 6.92 Å². The fraction of sp³-hybridized carbons (Fsp3) is 0.312. The van der Waals surface area contributed by atoms with E-state index < -0.39 is 34.7 Å². The van der Waals surface area contributed by atoms with Crippen molar-refractivity contribution in [2.75, 3.05) is 6.61 Å². The van der Waals surface area contributed by atoms with Gasteiger partial charge in [-0.1, -0.05) is 24.3 Å². The summed E-state index contributed by atoms with van der Waals surface area (Å²) in [7, 11) is -4.29. The van der Waals surface area contributed by atoms with Crippen molar-refractivity contribution in [1.29, 1.82) is 0 Å². The molecule has 10 heteroatoms. The first kappa shape index (κ1) is 18.6. The Bertz CT molecular complexity index is 894. The van der Waals surface area contributed by atoms with E-state index in [1.165, 1.54) is 49.4 Å². The molecular formula is C16H15F3N2O4S. The van der Waals surface area contributed by atoms with Crippen LogP contribution in [0.5, 0.6) is 0 Å². The molecule has 3 rings (SSSR count). The summed E-state index contributed by atoms with van der Waals surface area (Å²) in [5.74, 6) is -0.115. The van der Waals surface area contributed by atoms with E-state index in [0.717, 1.165) is 4.90 Å². The number of hydrogen-bond donors (Lipinski definition) is 1. The van der Waals surface area contributed by atoms with Crippen LogP contribution in [0.4, 0.5) is 13.2 Å². The summed E-state index contributed by atoms with van der Waals surface area (Å²) >= 11 is 0. The van der Waals surface area contributed by atoms with Crippen LogP contribution in [0.15, 0.2) is 64.1 Å². The highest BCUT2D eigenvalue weighted by atomic mass is 32.2. The Labute approximate surface area is 148 Å². The molecule has 26 heavy (non-hydrogen) atoms. The van der Waals surface area contributed by atoms with Gasteiger partial charge in [-0.25, -0.2) is 4.99 Å². The minimum absolute atomic E-state index is 0.115. The van der Waals surface area contributed by atoms with Crippen molar-refractivity contribution in [2.45, 2.75) is 29.8 Å². The first-order chi connectivity index (χ1) is 12.1. The van der Waals surface area contributed by atoms with Gasteiger partial charge in [-0.3, -0.25) is 4.18 Å². The van der Waals surface area contributed by atoms with Crippen LogP contribution in [0.3, 0.4) is 0 Å². The standard InChI is InChI=1S/C16H15F3N2O4S/c1-11-6-5-9-14-20-15(22,16(17,18)19)13(21(11)14)10-25-26(23,24)12-7-3-2-4-8-12/h2-9,13,22H,10H2,1H3/t13-,15-/m0/s1. The van der Waals surface area contributed by atoms with Crippen LogP contribution in [-0.2, 0) is 14.3 Å². The zero-order valence-electron chi connectivity index (χ0n) is 13.5. The zero-order valence-corrected chi connectivity index (χ0v) is 14.3. The molecule has 1 aromatic rings. The fourth-order valence-corrected chi connectivity index (χ4v) is 3.73. The highest BCUT2D eigenvalue weighted by molar-refractivity contribution is 7.86. The summed E-state index contributed by atoms with van der Waals surface area (Å²) in [6.45, 7) is 0.596. The number of halogens is 3. The SMILES string of the molecule is CC1=CC=CC2=N[C@@](O)(C(F)(F)F)[C@H](COS(=O)(=O)c3ccccc3)N12. The van der Waals surface area contributed by atoms with Crippen molar-refractivity contribution in [2.24, 2.45) is 4.99 Å². The van der Waals surface area contributed by atoms with Crippen molar-refractivity contribution >= 4 is 16.0 Å². The quantitative estimate of drug-likeness (QED) is 0.800. The molecular weight excluding hydrogens is 373 g/mol. The van der Waals surface area contributed by atoms with Gasteiger partial charge in [0.15, 0.2) is 0 Å². The largest absolute Gasteiger partial charge is 0.440 e. The van der Waals surface area contributed by atoms with E-state index in [4.69, 9.17) is 4.18 Å². The maximum absolute atomic E-state index is 13.5. The molecule has 140 valence electrons. The van der Waals surface area contributed by atoms with Gasteiger partial charge in [0.1, 0.15) is 11.9 Å². The lowest BCUT2D eigenvalue weighted by molar-refractivity contribution is -0.269. The van der Waals surface area contributed by atoms with Gasteiger partial charge in [-0.2, -0.15) is 21.6 Å². The van der Waals surface area contributed by atoms with E-state index >= 15 is 0 Å².